The summed E-state index contributed by atoms with van der Waals surface area (Å²) in [6.07, 6.45) is -2.10. The fourth-order valence-corrected chi connectivity index (χ4v) is 1.57. The Labute approximate surface area is 116 Å². The van der Waals surface area contributed by atoms with Crippen LogP contribution in [0.25, 0.3) is 0 Å². The maximum Gasteiger partial charge on any atom is 0.509 e. The van der Waals surface area contributed by atoms with Crippen LogP contribution in [0.5, 0.6) is 17.2 Å². The molecule has 0 saturated carbocycles. The first-order valence-electron chi connectivity index (χ1n) is 5.55. The van der Waals surface area contributed by atoms with Crippen molar-refractivity contribution in [2.24, 2.45) is 0 Å². The quantitative estimate of drug-likeness (QED) is 0.763. The maximum atomic E-state index is 11.1. The first kappa shape index (κ1) is 15.4. The summed E-state index contributed by atoms with van der Waals surface area (Å²) in [4.78, 5) is 11.1. The minimum atomic E-state index is -1.14. The van der Waals surface area contributed by atoms with Gasteiger partial charge in [0.1, 0.15) is 6.07 Å². The summed E-state index contributed by atoms with van der Waals surface area (Å²) in [5, 5.41) is 9.08. The zero-order valence-electron chi connectivity index (χ0n) is 11.6. The summed E-state index contributed by atoms with van der Waals surface area (Å²) in [6.45, 7) is 0. The number of carbonyl (C=O) groups is 1. The molecule has 0 heterocycles. The highest BCUT2D eigenvalue weighted by atomic mass is 16.7. The largest absolute Gasteiger partial charge is 0.509 e. The number of ether oxygens (including phenoxy) is 5. The Hall–Kier alpha value is -2.62. The van der Waals surface area contributed by atoms with Crippen molar-refractivity contribution in [1.82, 2.24) is 0 Å². The Balaban J connectivity index is 3.23. The van der Waals surface area contributed by atoms with E-state index in [1.165, 1.54) is 33.5 Å². The lowest BCUT2D eigenvalue weighted by Gasteiger charge is -2.16. The molecule has 1 aromatic carbocycles. The first-order chi connectivity index (χ1) is 9.60. The van der Waals surface area contributed by atoms with Crippen LogP contribution >= 0.6 is 0 Å². The van der Waals surface area contributed by atoms with Crippen LogP contribution in [0.3, 0.4) is 0 Å². The Bertz CT molecular complexity index is 497. The second-order valence-corrected chi connectivity index (χ2v) is 3.54. The lowest BCUT2D eigenvalue weighted by Crippen LogP contribution is -2.10. The van der Waals surface area contributed by atoms with Crippen LogP contribution in [0, 0.1) is 11.3 Å². The van der Waals surface area contributed by atoms with Crippen molar-refractivity contribution < 1.29 is 28.5 Å². The maximum absolute atomic E-state index is 11.1. The van der Waals surface area contributed by atoms with E-state index in [0.29, 0.717) is 22.8 Å². The summed E-state index contributed by atoms with van der Waals surface area (Å²) in [6, 6.07) is 4.90. The predicted octanol–water partition coefficient (Wildman–Crippen LogP) is 2.06. The van der Waals surface area contributed by atoms with Gasteiger partial charge < -0.3 is 23.7 Å². The fraction of sp³-hybridized carbons (Fsp3) is 0.385. The molecule has 7 nitrogen and oxygen atoms in total. The molecule has 0 aliphatic heterocycles. The number of hydrogen-bond acceptors (Lipinski definition) is 7. The molecule has 1 atom stereocenters. The van der Waals surface area contributed by atoms with Crippen molar-refractivity contribution in [2.45, 2.75) is 6.10 Å². The van der Waals surface area contributed by atoms with Crippen molar-refractivity contribution in [1.29, 1.82) is 5.26 Å². The van der Waals surface area contributed by atoms with Crippen LogP contribution in [0.1, 0.15) is 11.7 Å². The van der Waals surface area contributed by atoms with E-state index in [1.807, 2.05) is 6.07 Å². The standard InChI is InChI=1S/C13H15NO6/c1-16-9-5-8(6-10(17-2)12(9)18-3)11(7-14)20-13(15)19-4/h5-6,11H,1-4H3/t11-/m0/s1. The minimum absolute atomic E-state index is 0.357. The molecule has 0 saturated heterocycles. The molecule has 7 heteroatoms. The number of carbonyl (C=O) groups excluding carboxylic acids is 1. The molecule has 1 aromatic rings. The van der Waals surface area contributed by atoms with Gasteiger partial charge in [-0.05, 0) is 12.1 Å². The molecule has 0 aliphatic carbocycles. The zero-order chi connectivity index (χ0) is 15.1. The molecule has 0 radical (unpaired) electrons. The molecule has 0 aromatic heterocycles. The molecular formula is C13H15NO6. The monoisotopic (exact) mass is 281 g/mol. The van der Waals surface area contributed by atoms with Gasteiger partial charge in [0.15, 0.2) is 11.5 Å². The van der Waals surface area contributed by atoms with E-state index in [0.717, 1.165) is 7.11 Å². The van der Waals surface area contributed by atoms with Crippen LogP contribution in [-0.4, -0.2) is 34.6 Å². The summed E-state index contributed by atoms with van der Waals surface area (Å²) < 4.78 is 24.7. The Morgan fingerprint density at radius 1 is 1.10 bits per heavy atom. The third-order valence-electron chi connectivity index (χ3n) is 2.49. The van der Waals surface area contributed by atoms with Crippen LogP contribution in [0.15, 0.2) is 12.1 Å². The molecule has 0 bridgehead atoms. The smallest absolute Gasteiger partial charge is 0.493 e. The van der Waals surface area contributed by atoms with Crippen molar-refractivity contribution >= 4 is 6.16 Å². The van der Waals surface area contributed by atoms with Crippen LogP contribution in [-0.2, 0) is 9.47 Å². The second-order valence-electron chi connectivity index (χ2n) is 3.54. The van der Waals surface area contributed by atoms with Gasteiger partial charge in [-0.15, -0.1) is 0 Å². The second kappa shape index (κ2) is 7.09. The van der Waals surface area contributed by atoms with Gasteiger partial charge in [-0.25, -0.2) is 4.79 Å². The average molecular weight is 281 g/mol. The predicted molar refractivity (Wildman–Crippen MR) is 67.9 cm³/mol. The summed E-state index contributed by atoms with van der Waals surface area (Å²) in [5.74, 6) is 1.10. The van der Waals surface area contributed by atoms with Crippen molar-refractivity contribution in [3.63, 3.8) is 0 Å². The van der Waals surface area contributed by atoms with Crippen LogP contribution in [0.2, 0.25) is 0 Å². The van der Waals surface area contributed by atoms with Crippen LogP contribution < -0.4 is 14.2 Å². The highest BCUT2D eigenvalue weighted by Crippen LogP contribution is 2.40. The molecule has 0 unspecified atom stereocenters. The third kappa shape index (κ3) is 3.23. The summed E-state index contributed by atoms with van der Waals surface area (Å²) >= 11 is 0. The van der Waals surface area contributed by atoms with Crippen molar-refractivity contribution in [3.05, 3.63) is 17.7 Å². The van der Waals surface area contributed by atoms with Gasteiger partial charge in [0.25, 0.3) is 0 Å². The van der Waals surface area contributed by atoms with Gasteiger partial charge in [0.05, 0.1) is 28.4 Å². The molecule has 1 rings (SSSR count). The van der Waals surface area contributed by atoms with E-state index in [9.17, 15) is 4.79 Å². The van der Waals surface area contributed by atoms with E-state index in [-0.39, 0.29) is 0 Å². The minimum Gasteiger partial charge on any atom is -0.493 e. The number of methoxy groups -OCH3 is 4. The highest BCUT2D eigenvalue weighted by molar-refractivity contribution is 5.61. The van der Waals surface area contributed by atoms with Gasteiger partial charge in [-0.3, -0.25) is 0 Å². The third-order valence-corrected chi connectivity index (χ3v) is 2.49. The number of nitriles is 1. The lowest BCUT2D eigenvalue weighted by molar-refractivity contribution is 0.0542. The Morgan fingerprint density at radius 2 is 1.65 bits per heavy atom. The van der Waals surface area contributed by atoms with Gasteiger partial charge in [-0.1, -0.05) is 0 Å². The van der Waals surface area contributed by atoms with Gasteiger partial charge >= 0.3 is 6.16 Å². The Kier molecular flexibility index (Phi) is 5.47. The summed E-state index contributed by atoms with van der Waals surface area (Å²) in [7, 11) is 5.52. The lowest BCUT2D eigenvalue weighted by atomic mass is 10.1. The van der Waals surface area contributed by atoms with Gasteiger partial charge in [0, 0.05) is 5.56 Å². The summed E-state index contributed by atoms with van der Waals surface area (Å²) in [5.41, 5.74) is 0.382. The van der Waals surface area contributed by atoms with Gasteiger partial charge in [0.2, 0.25) is 11.9 Å². The van der Waals surface area contributed by atoms with E-state index in [4.69, 9.17) is 24.2 Å². The van der Waals surface area contributed by atoms with Crippen molar-refractivity contribution in [2.75, 3.05) is 28.4 Å². The van der Waals surface area contributed by atoms with E-state index >= 15 is 0 Å². The fourth-order valence-electron chi connectivity index (χ4n) is 1.57. The normalized spacial score (nSPS) is 10.9. The first-order valence-corrected chi connectivity index (χ1v) is 5.55. The molecular weight excluding hydrogens is 266 g/mol. The SMILES string of the molecule is COC(=O)O[C@@H](C#N)c1cc(OC)c(OC)c(OC)c1. The number of rotatable bonds is 5. The number of nitrogens with zero attached hydrogens (tertiary/aromatic N) is 1. The molecule has 20 heavy (non-hydrogen) atoms. The van der Waals surface area contributed by atoms with Crippen LogP contribution in [0.4, 0.5) is 4.79 Å². The number of benzene rings is 1. The van der Waals surface area contributed by atoms with E-state index in [2.05, 4.69) is 4.74 Å². The molecule has 0 fully saturated rings. The van der Waals surface area contributed by atoms with Gasteiger partial charge in [-0.2, -0.15) is 5.26 Å². The van der Waals surface area contributed by atoms with E-state index in [1.54, 1.807) is 0 Å². The van der Waals surface area contributed by atoms with Crippen molar-refractivity contribution in [3.8, 4) is 23.3 Å². The molecule has 0 amide bonds. The molecule has 0 spiro atoms. The number of hydrogen-bond donors (Lipinski definition) is 0. The molecule has 0 N–H and O–H groups in total. The topological polar surface area (TPSA) is 87.0 Å². The zero-order valence-corrected chi connectivity index (χ0v) is 11.6. The molecule has 0 aliphatic rings. The highest BCUT2D eigenvalue weighted by Gasteiger charge is 2.21. The van der Waals surface area contributed by atoms with E-state index < -0.39 is 12.3 Å². The Morgan fingerprint density at radius 3 is 2.00 bits per heavy atom. The average Bonchev–Trinajstić information content (AvgIpc) is 2.50. The molecule has 108 valence electrons.